The number of nitrogen functional groups attached to an aromatic ring is 1. The molecule has 106 valence electrons. The number of hydrogen-bond donors (Lipinski definition) is 2. The van der Waals surface area contributed by atoms with E-state index >= 15 is 0 Å². The molecule has 0 saturated heterocycles. The van der Waals surface area contributed by atoms with Gasteiger partial charge < -0.3 is 15.8 Å². The molecular formula is C14H22N2O2S. The zero-order chi connectivity index (χ0) is 14.3. The van der Waals surface area contributed by atoms with Crippen LogP contribution in [0, 0.1) is 6.92 Å². The van der Waals surface area contributed by atoms with E-state index in [9.17, 15) is 4.79 Å². The molecule has 0 saturated carbocycles. The second-order valence-corrected chi connectivity index (χ2v) is 5.29. The van der Waals surface area contributed by atoms with Gasteiger partial charge in [-0.3, -0.25) is 0 Å². The number of benzene rings is 1. The first kappa shape index (κ1) is 15.7. The summed E-state index contributed by atoms with van der Waals surface area (Å²) >= 11 is 1.71. The van der Waals surface area contributed by atoms with Gasteiger partial charge >= 0.3 is 5.97 Å². The third-order valence-corrected chi connectivity index (χ3v) is 3.44. The van der Waals surface area contributed by atoms with Crippen molar-refractivity contribution in [2.75, 3.05) is 29.7 Å². The number of nitrogens with one attached hydrogen (secondary N) is 1. The Labute approximate surface area is 119 Å². The predicted octanol–water partition coefficient (Wildman–Crippen LogP) is 2.67. The minimum Gasteiger partial charge on any atom is -0.464 e. The Morgan fingerprint density at radius 2 is 2.26 bits per heavy atom. The fourth-order valence-corrected chi connectivity index (χ4v) is 2.17. The lowest BCUT2D eigenvalue weighted by Crippen LogP contribution is -2.32. The Balaban J connectivity index is 2.74. The number of ether oxygens (including phenoxy) is 1. The molecule has 1 unspecified atom stereocenters. The first-order valence-corrected chi connectivity index (χ1v) is 7.76. The van der Waals surface area contributed by atoms with E-state index in [1.54, 1.807) is 11.8 Å². The van der Waals surface area contributed by atoms with Gasteiger partial charge in [0.2, 0.25) is 0 Å². The van der Waals surface area contributed by atoms with Crippen LogP contribution in [-0.2, 0) is 9.53 Å². The fraction of sp³-hybridized carbons (Fsp3) is 0.500. The zero-order valence-electron chi connectivity index (χ0n) is 11.7. The van der Waals surface area contributed by atoms with Crippen molar-refractivity contribution in [1.82, 2.24) is 0 Å². The molecule has 0 aliphatic heterocycles. The number of nitrogens with two attached hydrogens (primary N) is 1. The van der Waals surface area contributed by atoms with Crippen LogP contribution in [-0.4, -0.2) is 30.6 Å². The van der Waals surface area contributed by atoms with Crippen molar-refractivity contribution in [3.63, 3.8) is 0 Å². The Kier molecular flexibility index (Phi) is 6.56. The first-order valence-electron chi connectivity index (χ1n) is 6.36. The molecule has 0 aliphatic carbocycles. The number of anilines is 2. The van der Waals surface area contributed by atoms with Crippen LogP contribution in [0.3, 0.4) is 0 Å². The van der Waals surface area contributed by atoms with E-state index in [-0.39, 0.29) is 12.0 Å². The van der Waals surface area contributed by atoms with Crippen LogP contribution in [0.15, 0.2) is 18.2 Å². The highest BCUT2D eigenvalue weighted by Gasteiger charge is 2.19. The van der Waals surface area contributed by atoms with Gasteiger partial charge in [0.1, 0.15) is 6.04 Å². The molecule has 4 nitrogen and oxygen atoms in total. The zero-order valence-corrected chi connectivity index (χ0v) is 12.5. The topological polar surface area (TPSA) is 64.3 Å². The lowest BCUT2D eigenvalue weighted by molar-refractivity contribution is -0.144. The lowest BCUT2D eigenvalue weighted by Gasteiger charge is -2.18. The minimum absolute atomic E-state index is 0.203. The summed E-state index contributed by atoms with van der Waals surface area (Å²) in [6.45, 7) is 4.16. The van der Waals surface area contributed by atoms with Crippen molar-refractivity contribution < 1.29 is 9.53 Å². The van der Waals surface area contributed by atoms with Crippen LogP contribution in [0.1, 0.15) is 18.9 Å². The Morgan fingerprint density at radius 3 is 2.84 bits per heavy atom. The summed E-state index contributed by atoms with van der Waals surface area (Å²) in [5, 5.41) is 3.22. The van der Waals surface area contributed by atoms with Crippen molar-refractivity contribution in [1.29, 1.82) is 0 Å². The van der Waals surface area contributed by atoms with Crippen molar-refractivity contribution in [2.45, 2.75) is 26.3 Å². The van der Waals surface area contributed by atoms with Crippen LogP contribution in [0.25, 0.3) is 0 Å². The maximum Gasteiger partial charge on any atom is 0.328 e. The van der Waals surface area contributed by atoms with E-state index in [2.05, 4.69) is 5.32 Å². The molecule has 1 atom stereocenters. The molecule has 0 amide bonds. The fourth-order valence-electron chi connectivity index (χ4n) is 1.69. The molecule has 0 aromatic heterocycles. The number of carbonyl (C=O) groups excluding carboxylic acids is 1. The van der Waals surface area contributed by atoms with Gasteiger partial charge in [0, 0.05) is 11.4 Å². The summed E-state index contributed by atoms with van der Waals surface area (Å²) in [6, 6.07) is 5.36. The average molecular weight is 282 g/mol. The van der Waals surface area contributed by atoms with Crippen molar-refractivity contribution in [3.05, 3.63) is 23.8 Å². The quantitative estimate of drug-likeness (QED) is 0.594. The highest BCUT2D eigenvalue weighted by atomic mass is 32.2. The molecule has 1 rings (SSSR count). The van der Waals surface area contributed by atoms with Gasteiger partial charge in [0.15, 0.2) is 0 Å². The third kappa shape index (κ3) is 5.03. The minimum atomic E-state index is -0.310. The number of rotatable bonds is 7. The van der Waals surface area contributed by atoms with Crippen molar-refractivity contribution >= 4 is 29.1 Å². The largest absolute Gasteiger partial charge is 0.464 e. The molecule has 0 fully saturated rings. The number of esters is 1. The second kappa shape index (κ2) is 7.94. The van der Waals surface area contributed by atoms with Gasteiger partial charge in [-0.05, 0) is 56.0 Å². The Morgan fingerprint density at radius 1 is 1.53 bits per heavy atom. The summed E-state index contributed by atoms with van der Waals surface area (Å²) in [6.07, 6.45) is 2.76. The third-order valence-electron chi connectivity index (χ3n) is 2.79. The lowest BCUT2D eigenvalue weighted by atomic mass is 10.1. The highest BCUT2D eigenvalue weighted by Crippen LogP contribution is 2.18. The van der Waals surface area contributed by atoms with Gasteiger partial charge in [-0.25, -0.2) is 4.79 Å². The SMILES string of the molecule is CCOC(=O)C(CCSC)Nc1ccc(N)c(C)c1. The van der Waals surface area contributed by atoms with Crippen LogP contribution in [0.5, 0.6) is 0 Å². The standard InChI is InChI=1S/C14H22N2O2S/c1-4-18-14(17)13(7-8-19-3)16-11-5-6-12(15)10(2)9-11/h5-6,9,13,16H,4,7-8,15H2,1-3H3. The summed E-state index contributed by atoms with van der Waals surface area (Å²) in [5.41, 5.74) is 8.43. The number of aryl methyl sites for hydroxylation is 1. The Hall–Kier alpha value is -1.36. The molecule has 0 spiro atoms. The van der Waals surface area contributed by atoms with E-state index in [1.807, 2.05) is 38.3 Å². The first-order chi connectivity index (χ1) is 9.08. The van der Waals surface area contributed by atoms with E-state index in [0.29, 0.717) is 6.61 Å². The number of thioether (sulfide) groups is 1. The second-order valence-electron chi connectivity index (χ2n) is 4.30. The average Bonchev–Trinajstić information content (AvgIpc) is 2.39. The van der Waals surface area contributed by atoms with Gasteiger partial charge in [-0.15, -0.1) is 0 Å². The summed E-state index contributed by atoms with van der Waals surface area (Å²) < 4.78 is 5.09. The molecule has 0 heterocycles. The van der Waals surface area contributed by atoms with Gasteiger partial charge in [-0.2, -0.15) is 11.8 Å². The molecule has 19 heavy (non-hydrogen) atoms. The van der Waals surface area contributed by atoms with E-state index in [0.717, 1.165) is 29.1 Å². The van der Waals surface area contributed by atoms with Crippen LogP contribution < -0.4 is 11.1 Å². The number of hydrogen-bond acceptors (Lipinski definition) is 5. The molecule has 0 aliphatic rings. The molecule has 1 aromatic carbocycles. The van der Waals surface area contributed by atoms with E-state index in [4.69, 9.17) is 10.5 Å². The van der Waals surface area contributed by atoms with Crippen molar-refractivity contribution in [2.24, 2.45) is 0 Å². The molecule has 5 heteroatoms. The van der Waals surface area contributed by atoms with E-state index < -0.39 is 0 Å². The number of carbonyl (C=O) groups is 1. The summed E-state index contributed by atoms with van der Waals surface area (Å²) in [5.74, 6) is 0.704. The molecular weight excluding hydrogens is 260 g/mol. The maximum atomic E-state index is 11.9. The van der Waals surface area contributed by atoms with Gasteiger partial charge in [-0.1, -0.05) is 0 Å². The molecule has 1 aromatic rings. The molecule has 0 radical (unpaired) electrons. The monoisotopic (exact) mass is 282 g/mol. The molecule has 0 bridgehead atoms. The summed E-state index contributed by atoms with van der Waals surface area (Å²) in [7, 11) is 0. The van der Waals surface area contributed by atoms with Crippen LogP contribution in [0.2, 0.25) is 0 Å². The normalized spacial score (nSPS) is 11.9. The van der Waals surface area contributed by atoms with Crippen LogP contribution >= 0.6 is 11.8 Å². The van der Waals surface area contributed by atoms with Crippen LogP contribution in [0.4, 0.5) is 11.4 Å². The van der Waals surface area contributed by atoms with Crippen molar-refractivity contribution in [3.8, 4) is 0 Å². The highest BCUT2D eigenvalue weighted by molar-refractivity contribution is 7.98. The molecule has 3 N–H and O–H groups in total. The van der Waals surface area contributed by atoms with Gasteiger partial charge in [0.25, 0.3) is 0 Å². The summed E-state index contributed by atoms with van der Waals surface area (Å²) in [4.78, 5) is 11.9. The smallest absolute Gasteiger partial charge is 0.328 e. The van der Waals surface area contributed by atoms with E-state index in [1.165, 1.54) is 0 Å². The predicted molar refractivity (Wildman–Crippen MR) is 82.6 cm³/mol. The maximum absolute atomic E-state index is 11.9. The Bertz CT molecular complexity index is 424. The van der Waals surface area contributed by atoms with Gasteiger partial charge in [0.05, 0.1) is 6.61 Å².